The summed E-state index contributed by atoms with van der Waals surface area (Å²) in [5, 5.41) is 0. The first-order chi connectivity index (χ1) is 12.7. The number of benzene rings is 1. The summed E-state index contributed by atoms with van der Waals surface area (Å²) >= 11 is -2.12. The minimum atomic E-state index is -2.12. The predicted molar refractivity (Wildman–Crippen MR) is 124 cm³/mol. The summed E-state index contributed by atoms with van der Waals surface area (Å²) in [5.41, 5.74) is 2.93. The van der Waals surface area contributed by atoms with Crippen LogP contribution in [0.1, 0.15) is 96.6 Å². The van der Waals surface area contributed by atoms with Gasteiger partial charge >= 0.3 is 169 Å². The Labute approximate surface area is 168 Å². The molecule has 0 N–H and O–H groups in total. The quantitative estimate of drug-likeness (QED) is 0.180. The molecule has 0 amide bonds. The second-order valence-corrected chi connectivity index (χ2v) is 21.2. The summed E-state index contributed by atoms with van der Waals surface area (Å²) in [6.45, 7) is 9.35. The molecule has 0 aliphatic carbocycles. The predicted octanol–water partition coefficient (Wildman–Crippen LogP) is 8.82. The molecule has 0 aromatic heterocycles. The number of rotatable bonds is 15. The number of hydrogen-bond donors (Lipinski definition) is 0. The van der Waals surface area contributed by atoms with Crippen molar-refractivity contribution < 1.29 is 0 Å². The van der Waals surface area contributed by atoms with E-state index in [1.165, 1.54) is 75.3 Å². The Bertz CT molecular complexity index is 450. The molecule has 0 aliphatic rings. The van der Waals surface area contributed by atoms with Gasteiger partial charge in [0.2, 0.25) is 0 Å². The molecule has 0 fully saturated rings. The first-order valence-electron chi connectivity index (χ1n) is 11.5. The van der Waals surface area contributed by atoms with Crippen LogP contribution in [-0.4, -0.2) is 18.4 Å². The van der Waals surface area contributed by atoms with E-state index < -0.39 is 18.4 Å². The van der Waals surface area contributed by atoms with E-state index in [2.05, 4.69) is 62.1 Å². The molecule has 0 nitrogen and oxygen atoms in total. The van der Waals surface area contributed by atoms with Crippen molar-refractivity contribution in [2.24, 2.45) is 0 Å². The van der Waals surface area contributed by atoms with Crippen LogP contribution in [0.2, 0.25) is 13.3 Å². The third-order valence-electron chi connectivity index (χ3n) is 5.76. The van der Waals surface area contributed by atoms with Gasteiger partial charge in [-0.05, 0) is 0 Å². The standard InChI is InChI=1S/C13H17.3C4H9.Sn/c1-3-5-6-7-13-10-8-12(4-2)9-11-13;3*1-3-4-2;/h2,4,8-11H,3,5-7H2,1H3;3*1,3-4H2,2H3;. The Morgan fingerprint density at radius 2 is 1.15 bits per heavy atom. The van der Waals surface area contributed by atoms with E-state index in [-0.39, 0.29) is 0 Å². The van der Waals surface area contributed by atoms with Gasteiger partial charge in [0.1, 0.15) is 0 Å². The van der Waals surface area contributed by atoms with E-state index in [0.717, 1.165) is 0 Å². The van der Waals surface area contributed by atoms with Crippen molar-refractivity contribution in [1.29, 1.82) is 0 Å². The van der Waals surface area contributed by atoms with E-state index in [0.29, 0.717) is 0 Å². The van der Waals surface area contributed by atoms with E-state index >= 15 is 0 Å². The molecule has 1 rings (SSSR count). The maximum atomic E-state index is 2.79. The molecule has 26 heavy (non-hydrogen) atoms. The zero-order valence-electron chi connectivity index (χ0n) is 18.2. The summed E-state index contributed by atoms with van der Waals surface area (Å²) in [5.74, 6) is 0. The second kappa shape index (κ2) is 14.8. The van der Waals surface area contributed by atoms with Crippen LogP contribution in [0, 0.1) is 0 Å². The van der Waals surface area contributed by atoms with Gasteiger partial charge in [0, 0.05) is 0 Å². The summed E-state index contributed by atoms with van der Waals surface area (Å²) in [7, 11) is 0. The molecule has 1 heteroatoms. The van der Waals surface area contributed by atoms with Crippen LogP contribution in [-0.2, 0) is 6.42 Å². The van der Waals surface area contributed by atoms with Crippen LogP contribution in [0.15, 0.2) is 28.4 Å². The van der Waals surface area contributed by atoms with Crippen molar-refractivity contribution in [1.82, 2.24) is 0 Å². The van der Waals surface area contributed by atoms with Crippen molar-refractivity contribution in [2.45, 2.75) is 105 Å². The van der Waals surface area contributed by atoms with Crippen molar-refractivity contribution in [3.05, 3.63) is 39.5 Å². The Balaban J connectivity index is 2.82. The van der Waals surface area contributed by atoms with Crippen molar-refractivity contribution in [2.75, 3.05) is 0 Å². The molecule has 0 bridgehead atoms. The van der Waals surface area contributed by atoms with Crippen LogP contribution < -0.4 is 0 Å². The third kappa shape index (κ3) is 9.62. The Morgan fingerprint density at radius 3 is 1.62 bits per heavy atom. The summed E-state index contributed by atoms with van der Waals surface area (Å²) in [6, 6.07) is 9.43. The average molecular weight is 463 g/mol. The van der Waals surface area contributed by atoms with E-state index in [9.17, 15) is 0 Å². The van der Waals surface area contributed by atoms with Gasteiger partial charge in [0.25, 0.3) is 0 Å². The van der Waals surface area contributed by atoms with Crippen LogP contribution in [0.25, 0.3) is 6.08 Å². The fraction of sp³-hybridized carbons (Fsp3) is 0.680. The molecule has 0 saturated heterocycles. The molecule has 0 radical (unpaired) electrons. The summed E-state index contributed by atoms with van der Waals surface area (Å²) < 4.78 is 7.49. The van der Waals surface area contributed by atoms with E-state index in [1.807, 2.05) is 0 Å². The molecule has 0 unspecified atom stereocenters. The first-order valence-corrected chi connectivity index (χ1v) is 19.2. The molecule has 0 atom stereocenters. The SMILES string of the molecule is CCCCCc1ccc(/C=[CH]/[Sn]([CH2]CCC)([CH2]CCC)[CH2]CCC)cc1. The molecule has 0 spiro atoms. The van der Waals surface area contributed by atoms with Gasteiger partial charge in [-0.1, -0.05) is 0 Å². The number of hydrogen-bond acceptors (Lipinski definition) is 0. The molecular formula is C25H44Sn. The van der Waals surface area contributed by atoms with E-state index in [4.69, 9.17) is 0 Å². The Hall–Kier alpha value is -0.241. The average Bonchev–Trinajstić information content (AvgIpc) is 2.68. The van der Waals surface area contributed by atoms with Crippen LogP contribution in [0.4, 0.5) is 0 Å². The van der Waals surface area contributed by atoms with Gasteiger partial charge in [0.15, 0.2) is 0 Å². The van der Waals surface area contributed by atoms with Gasteiger partial charge < -0.3 is 0 Å². The molecule has 1 aromatic rings. The molecule has 148 valence electrons. The van der Waals surface area contributed by atoms with Gasteiger partial charge in [-0.15, -0.1) is 0 Å². The molecule has 0 aliphatic heterocycles. The van der Waals surface area contributed by atoms with Gasteiger partial charge in [0.05, 0.1) is 0 Å². The molecular weight excluding hydrogens is 419 g/mol. The van der Waals surface area contributed by atoms with Crippen LogP contribution >= 0.6 is 0 Å². The number of aryl methyl sites for hydroxylation is 1. The van der Waals surface area contributed by atoms with Gasteiger partial charge in [-0.25, -0.2) is 0 Å². The Morgan fingerprint density at radius 1 is 0.654 bits per heavy atom. The monoisotopic (exact) mass is 464 g/mol. The maximum absolute atomic E-state index is 2.79. The van der Waals surface area contributed by atoms with Crippen molar-refractivity contribution >= 4 is 24.5 Å². The minimum absolute atomic E-state index is 1.24. The zero-order valence-corrected chi connectivity index (χ0v) is 21.0. The van der Waals surface area contributed by atoms with Gasteiger partial charge in [-0.3, -0.25) is 0 Å². The normalized spacial score (nSPS) is 12.2. The fourth-order valence-electron chi connectivity index (χ4n) is 3.86. The zero-order chi connectivity index (χ0) is 19.1. The Kier molecular flexibility index (Phi) is 13.5. The van der Waals surface area contributed by atoms with Crippen molar-refractivity contribution in [3.63, 3.8) is 0 Å². The topological polar surface area (TPSA) is 0 Å². The molecule has 0 saturated carbocycles. The summed E-state index contributed by atoms with van der Waals surface area (Å²) in [6.07, 6.45) is 16.2. The van der Waals surface area contributed by atoms with E-state index in [1.54, 1.807) is 13.3 Å². The number of unbranched alkanes of at least 4 members (excludes halogenated alkanes) is 5. The van der Waals surface area contributed by atoms with Gasteiger partial charge in [-0.2, -0.15) is 0 Å². The van der Waals surface area contributed by atoms with Crippen LogP contribution in [0.5, 0.6) is 0 Å². The van der Waals surface area contributed by atoms with Crippen molar-refractivity contribution in [3.8, 4) is 0 Å². The summed E-state index contributed by atoms with van der Waals surface area (Å²) in [4.78, 5) is 0. The molecule has 1 aromatic carbocycles. The molecule has 0 heterocycles. The third-order valence-corrected chi connectivity index (χ3v) is 19.8. The first kappa shape index (κ1) is 23.8. The fourth-order valence-corrected chi connectivity index (χ4v) is 18.0. The van der Waals surface area contributed by atoms with Crippen LogP contribution in [0.3, 0.4) is 0 Å². The second-order valence-electron chi connectivity index (χ2n) is 8.21.